The van der Waals surface area contributed by atoms with E-state index in [9.17, 15) is 0 Å². The average molecular weight is 1050 g/mol. The molecule has 0 atom stereocenters. The van der Waals surface area contributed by atoms with Crippen LogP contribution in [0, 0.1) is 0 Å². The number of nitrogens with zero attached hydrogens (tertiary/aromatic N) is 2. The lowest BCUT2D eigenvalue weighted by Crippen LogP contribution is -2.62. The van der Waals surface area contributed by atoms with Crippen LogP contribution in [0.3, 0.4) is 0 Å². The SMILES string of the molecule is CC1(C)CCC(C)(C)c2cc3c(cc21)B1c2ccc(-c4ccccc4)cc2N(c2cc(-c4ccccc4)cc(-c4ccccc4)c2)c2cc(C(=O)OCc4ccccc4)cc(c21)N3c1cc(-c2ccccc2)cc(-c2ccccc2)c1. The van der Waals surface area contributed by atoms with Crippen LogP contribution in [-0.2, 0) is 22.2 Å². The molecule has 11 aromatic rings. The molecule has 14 rings (SSSR count). The van der Waals surface area contributed by atoms with Crippen LogP contribution >= 0.6 is 0 Å². The molecule has 2 heterocycles. The Labute approximate surface area is 476 Å². The number of ether oxygens (including phenoxy) is 1. The Hall–Kier alpha value is -9.45. The lowest BCUT2D eigenvalue weighted by molar-refractivity contribution is 0.0472. The fraction of sp³-hybridized carbons (Fsp3) is 0.118. The van der Waals surface area contributed by atoms with Gasteiger partial charge < -0.3 is 14.5 Å². The van der Waals surface area contributed by atoms with E-state index in [1.54, 1.807) is 0 Å². The lowest BCUT2D eigenvalue weighted by atomic mass is 9.33. The van der Waals surface area contributed by atoms with Crippen LogP contribution in [0.15, 0.2) is 261 Å². The first-order valence-corrected chi connectivity index (χ1v) is 28.4. The summed E-state index contributed by atoms with van der Waals surface area (Å²) in [5.41, 5.74) is 24.8. The molecule has 3 aliphatic rings. The highest BCUT2D eigenvalue weighted by molar-refractivity contribution is 7.00. The van der Waals surface area contributed by atoms with Crippen LogP contribution in [-0.4, -0.2) is 12.7 Å². The molecular formula is C76H61BN2O2. The Kier molecular flexibility index (Phi) is 12.3. The maximum absolute atomic E-state index is 15.3. The van der Waals surface area contributed by atoms with Gasteiger partial charge >= 0.3 is 5.97 Å². The molecule has 0 N–H and O–H groups in total. The number of rotatable bonds is 10. The van der Waals surface area contributed by atoms with Crippen molar-refractivity contribution < 1.29 is 9.53 Å². The van der Waals surface area contributed by atoms with Gasteiger partial charge in [0.15, 0.2) is 0 Å². The third kappa shape index (κ3) is 9.04. The predicted octanol–water partition coefficient (Wildman–Crippen LogP) is 17.8. The molecule has 1 aliphatic carbocycles. The normalized spacial score (nSPS) is 14.3. The number of benzene rings is 11. The number of carbonyl (C=O) groups is 1. The molecule has 0 saturated carbocycles. The molecule has 0 amide bonds. The molecule has 4 nitrogen and oxygen atoms in total. The molecule has 390 valence electrons. The van der Waals surface area contributed by atoms with Gasteiger partial charge in [0.05, 0.1) is 5.56 Å². The number of carbonyl (C=O) groups excluding carboxylic acids is 1. The van der Waals surface area contributed by atoms with Crippen molar-refractivity contribution in [2.45, 2.75) is 58.0 Å². The van der Waals surface area contributed by atoms with Crippen LogP contribution in [0.4, 0.5) is 34.1 Å². The number of esters is 1. The minimum Gasteiger partial charge on any atom is -0.457 e. The van der Waals surface area contributed by atoms with E-state index in [0.717, 1.165) is 114 Å². The molecule has 11 aromatic carbocycles. The first-order chi connectivity index (χ1) is 39.5. The molecule has 0 bridgehead atoms. The van der Waals surface area contributed by atoms with Crippen molar-refractivity contribution in [2.75, 3.05) is 9.80 Å². The summed E-state index contributed by atoms with van der Waals surface area (Å²) in [4.78, 5) is 20.3. The van der Waals surface area contributed by atoms with Gasteiger partial charge in [0.1, 0.15) is 6.61 Å². The topological polar surface area (TPSA) is 32.8 Å². The van der Waals surface area contributed by atoms with E-state index in [2.05, 4.69) is 268 Å². The van der Waals surface area contributed by atoms with Gasteiger partial charge in [-0.2, -0.15) is 0 Å². The number of hydrogen-bond acceptors (Lipinski definition) is 4. The largest absolute Gasteiger partial charge is 0.457 e. The van der Waals surface area contributed by atoms with E-state index >= 15 is 4.79 Å². The lowest BCUT2D eigenvalue weighted by Gasteiger charge is -2.47. The van der Waals surface area contributed by atoms with E-state index in [1.165, 1.54) is 22.1 Å². The first kappa shape index (κ1) is 49.8. The van der Waals surface area contributed by atoms with E-state index in [4.69, 9.17) is 4.74 Å². The maximum Gasteiger partial charge on any atom is 0.338 e. The zero-order valence-corrected chi connectivity index (χ0v) is 46.2. The summed E-state index contributed by atoms with van der Waals surface area (Å²) in [7, 11) is 0. The van der Waals surface area contributed by atoms with Crippen molar-refractivity contribution in [3.63, 3.8) is 0 Å². The Morgan fingerprint density at radius 3 is 1.20 bits per heavy atom. The Morgan fingerprint density at radius 1 is 0.383 bits per heavy atom. The summed E-state index contributed by atoms with van der Waals surface area (Å²) in [6.07, 6.45) is 2.16. The van der Waals surface area contributed by atoms with E-state index in [-0.39, 0.29) is 30.1 Å². The van der Waals surface area contributed by atoms with Crippen molar-refractivity contribution in [1.82, 2.24) is 0 Å². The van der Waals surface area contributed by atoms with Crippen LogP contribution < -0.4 is 26.2 Å². The summed E-state index contributed by atoms with van der Waals surface area (Å²) >= 11 is 0. The van der Waals surface area contributed by atoms with Gasteiger partial charge in [-0.1, -0.05) is 228 Å². The molecule has 2 aliphatic heterocycles. The Bertz CT molecular complexity index is 4070. The average Bonchev–Trinajstić information content (AvgIpc) is 2.84. The number of anilines is 6. The zero-order chi connectivity index (χ0) is 54.8. The van der Waals surface area contributed by atoms with Gasteiger partial charge in [-0.05, 0) is 173 Å². The van der Waals surface area contributed by atoms with Crippen LogP contribution in [0.5, 0.6) is 0 Å². The summed E-state index contributed by atoms with van der Waals surface area (Å²) in [6.45, 7) is 9.64. The highest BCUT2D eigenvalue weighted by Gasteiger charge is 2.47. The molecule has 0 unspecified atom stereocenters. The minimum absolute atomic E-state index is 0.0691. The molecule has 0 radical (unpaired) electrons. The van der Waals surface area contributed by atoms with Crippen molar-refractivity contribution in [1.29, 1.82) is 0 Å². The number of hydrogen-bond donors (Lipinski definition) is 0. The van der Waals surface area contributed by atoms with Crippen molar-refractivity contribution in [2.24, 2.45) is 0 Å². The van der Waals surface area contributed by atoms with Crippen molar-refractivity contribution in [3.05, 3.63) is 283 Å². The molecule has 0 saturated heterocycles. The van der Waals surface area contributed by atoms with Gasteiger partial charge in [0.25, 0.3) is 6.71 Å². The second-order valence-corrected chi connectivity index (χ2v) is 23.5. The van der Waals surface area contributed by atoms with Gasteiger partial charge in [-0.25, -0.2) is 4.79 Å². The van der Waals surface area contributed by atoms with Gasteiger partial charge in [-0.3, -0.25) is 0 Å². The second kappa shape index (κ2) is 20.0. The minimum atomic E-state index is -0.386. The van der Waals surface area contributed by atoms with Crippen molar-refractivity contribution in [3.8, 4) is 55.6 Å². The third-order valence-electron chi connectivity index (χ3n) is 17.4. The third-order valence-corrected chi connectivity index (χ3v) is 17.4. The highest BCUT2D eigenvalue weighted by Crippen LogP contribution is 2.52. The monoisotopic (exact) mass is 1040 g/mol. The van der Waals surface area contributed by atoms with E-state index < -0.39 is 0 Å². The molecule has 5 heteroatoms. The Balaban J connectivity index is 1.11. The van der Waals surface area contributed by atoms with Crippen LogP contribution in [0.2, 0.25) is 0 Å². The molecule has 81 heavy (non-hydrogen) atoms. The van der Waals surface area contributed by atoms with E-state index in [0.29, 0.717) is 5.56 Å². The quantitative estimate of drug-likeness (QED) is 0.101. The Morgan fingerprint density at radius 2 is 0.765 bits per heavy atom. The number of fused-ring (bicyclic) bond motifs is 5. The second-order valence-electron chi connectivity index (χ2n) is 23.5. The van der Waals surface area contributed by atoms with Gasteiger partial charge in [0.2, 0.25) is 0 Å². The summed E-state index contributed by atoms with van der Waals surface area (Å²) < 4.78 is 6.40. The summed E-state index contributed by atoms with van der Waals surface area (Å²) in [6, 6.07) is 94.0. The predicted molar refractivity (Wildman–Crippen MR) is 338 cm³/mol. The fourth-order valence-electron chi connectivity index (χ4n) is 13.0. The van der Waals surface area contributed by atoms with Gasteiger partial charge in [0, 0.05) is 34.1 Å². The highest BCUT2D eigenvalue weighted by atomic mass is 16.5. The summed E-state index contributed by atoms with van der Waals surface area (Å²) in [5.74, 6) is -0.386. The zero-order valence-electron chi connectivity index (χ0n) is 46.2. The van der Waals surface area contributed by atoms with Crippen LogP contribution in [0.1, 0.15) is 67.6 Å². The maximum atomic E-state index is 15.3. The van der Waals surface area contributed by atoms with Gasteiger partial charge in [-0.15, -0.1) is 0 Å². The smallest absolute Gasteiger partial charge is 0.338 e. The first-order valence-electron chi connectivity index (χ1n) is 28.4. The molecule has 0 aromatic heterocycles. The molecule has 0 fully saturated rings. The standard InChI is InChI=1S/C76H61BN2O2/c1-75(2)37-38-76(3,4)66-49-70-68(48-65(66)75)77-67-36-35-57(52-25-13-6-14-26-52)45-69(67)78(63-41-58(53-27-15-7-16-28-53)39-59(42-63)54-29-17-8-18-30-54)71-46-62(74(80)81-50-51-23-11-5-12-24-51)47-72(73(71)77)79(70)64-43-60(55-31-19-9-20-32-55)40-61(44-64)56-33-21-10-22-34-56/h5-36,39-49H,37-38,50H2,1-4H3. The summed E-state index contributed by atoms with van der Waals surface area (Å²) in [5, 5.41) is 0. The molecule has 0 spiro atoms. The molecular weight excluding hydrogens is 984 g/mol. The fourth-order valence-corrected chi connectivity index (χ4v) is 13.0. The van der Waals surface area contributed by atoms with Crippen LogP contribution in [0.25, 0.3) is 55.6 Å². The van der Waals surface area contributed by atoms with E-state index in [1.807, 2.05) is 30.3 Å². The van der Waals surface area contributed by atoms with Crippen molar-refractivity contribution >= 4 is 63.2 Å².